The van der Waals surface area contributed by atoms with Crippen molar-refractivity contribution in [2.24, 2.45) is 0 Å². The van der Waals surface area contributed by atoms with Crippen LogP contribution in [-0.2, 0) is 6.61 Å². The maximum absolute atomic E-state index is 12.5. The van der Waals surface area contributed by atoms with Gasteiger partial charge >= 0.3 is 5.97 Å². The van der Waals surface area contributed by atoms with Crippen molar-refractivity contribution in [2.75, 3.05) is 0 Å². The lowest BCUT2D eigenvalue weighted by atomic mass is 10.1. The number of aliphatic hydroxyl groups is 1. The molecule has 0 spiro atoms. The maximum Gasteiger partial charge on any atom is 0.342 e. The van der Waals surface area contributed by atoms with Crippen LogP contribution >= 0.6 is 0 Å². The van der Waals surface area contributed by atoms with Crippen molar-refractivity contribution in [3.63, 3.8) is 0 Å². The van der Waals surface area contributed by atoms with E-state index in [0.717, 1.165) is 0 Å². The number of nitro benzene ring substituents is 2. The molecule has 0 aromatic heterocycles. The first-order chi connectivity index (χ1) is 12.5. The van der Waals surface area contributed by atoms with Crippen LogP contribution in [0.2, 0.25) is 0 Å². The number of carboxylic acid groups (broad SMARTS) is 1. The number of nitro groups is 2. The van der Waals surface area contributed by atoms with Crippen molar-refractivity contribution < 1.29 is 42.4 Å². The van der Waals surface area contributed by atoms with Gasteiger partial charge in [-0.05, 0) is 12.1 Å². The molecular formula is C14H8F4N2O7. The summed E-state index contributed by atoms with van der Waals surface area (Å²) in [6, 6.07) is 1.56. The summed E-state index contributed by atoms with van der Waals surface area (Å²) in [5, 5.41) is 37.5. The first-order valence-electron chi connectivity index (χ1n) is 6.59. The van der Waals surface area contributed by atoms with Crippen LogP contribution < -0.4 is 0 Å². The van der Waals surface area contributed by atoms with Crippen LogP contribution in [0.3, 0.4) is 0 Å². The van der Waals surface area contributed by atoms with E-state index >= 15 is 0 Å². The molecule has 0 unspecified atom stereocenters. The van der Waals surface area contributed by atoms with E-state index < -0.39 is 62.6 Å². The quantitative estimate of drug-likeness (QED) is 0.462. The Balaban J connectivity index is 0.000000271. The number of rotatable bonds is 4. The third-order valence-electron chi connectivity index (χ3n) is 2.95. The fourth-order valence-electron chi connectivity index (χ4n) is 1.73. The topological polar surface area (TPSA) is 144 Å². The average molecular weight is 392 g/mol. The molecule has 0 aliphatic rings. The Morgan fingerprint density at radius 2 is 1.26 bits per heavy atom. The molecular weight excluding hydrogens is 384 g/mol. The van der Waals surface area contributed by atoms with E-state index in [1.807, 2.05) is 0 Å². The van der Waals surface area contributed by atoms with Crippen LogP contribution in [0, 0.1) is 43.5 Å². The Labute approximate surface area is 146 Å². The van der Waals surface area contributed by atoms with Crippen LogP contribution in [0.5, 0.6) is 0 Å². The molecule has 2 rings (SSSR count). The zero-order valence-electron chi connectivity index (χ0n) is 12.9. The molecule has 0 atom stereocenters. The minimum Gasteiger partial charge on any atom is -0.477 e. The zero-order chi connectivity index (χ0) is 20.9. The van der Waals surface area contributed by atoms with Gasteiger partial charge in [-0.25, -0.2) is 22.4 Å². The number of hydrogen-bond acceptors (Lipinski definition) is 6. The van der Waals surface area contributed by atoms with E-state index in [2.05, 4.69) is 0 Å². The Kier molecular flexibility index (Phi) is 6.88. The summed E-state index contributed by atoms with van der Waals surface area (Å²) < 4.78 is 50.0. The van der Waals surface area contributed by atoms with Crippen LogP contribution in [0.4, 0.5) is 28.9 Å². The van der Waals surface area contributed by atoms with E-state index in [9.17, 15) is 42.6 Å². The number of hydrogen-bond donors (Lipinski definition) is 2. The van der Waals surface area contributed by atoms with Crippen LogP contribution in [-0.4, -0.2) is 26.0 Å². The first-order valence-corrected chi connectivity index (χ1v) is 6.59. The number of carboxylic acids is 1. The highest BCUT2D eigenvalue weighted by atomic mass is 19.2. The van der Waals surface area contributed by atoms with E-state index in [0.29, 0.717) is 12.1 Å². The van der Waals surface area contributed by atoms with Gasteiger partial charge in [0.05, 0.1) is 34.1 Å². The summed E-state index contributed by atoms with van der Waals surface area (Å²) >= 11 is 0. The highest BCUT2D eigenvalue weighted by molar-refractivity contribution is 5.92. The molecule has 0 saturated carbocycles. The van der Waals surface area contributed by atoms with Gasteiger partial charge in [-0.3, -0.25) is 20.2 Å². The molecule has 0 radical (unpaired) electrons. The molecule has 0 aliphatic carbocycles. The summed E-state index contributed by atoms with van der Waals surface area (Å²) in [4.78, 5) is 28.9. The Morgan fingerprint density at radius 3 is 1.67 bits per heavy atom. The Morgan fingerprint density at radius 1 is 0.852 bits per heavy atom. The van der Waals surface area contributed by atoms with E-state index in [-0.39, 0.29) is 17.7 Å². The second kappa shape index (κ2) is 8.66. The fraction of sp³-hybridized carbons (Fsp3) is 0.0714. The normalized spacial score (nSPS) is 9.96. The van der Waals surface area contributed by atoms with E-state index in [1.54, 1.807) is 0 Å². The predicted molar refractivity (Wildman–Crippen MR) is 78.9 cm³/mol. The molecule has 0 bridgehead atoms. The maximum atomic E-state index is 12.5. The number of benzene rings is 2. The number of aliphatic hydroxyl groups excluding tert-OH is 1. The number of carbonyl (C=O) groups is 1. The van der Waals surface area contributed by atoms with Crippen LogP contribution in [0.1, 0.15) is 15.9 Å². The first kappa shape index (κ1) is 21.4. The molecule has 27 heavy (non-hydrogen) atoms. The average Bonchev–Trinajstić information content (AvgIpc) is 2.58. The highest BCUT2D eigenvalue weighted by Crippen LogP contribution is 2.22. The van der Waals surface area contributed by atoms with Gasteiger partial charge in [-0.2, -0.15) is 0 Å². The summed E-state index contributed by atoms with van der Waals surface area (Å²) in [5.74, 6) is -7.09. The van der Waals surface area contributed by atoms with Crippen LogP contribution in [0.25, 0.3) is 0 Å². The van der Waals surface area contributed by atoms with Gasteiger partial charge in [0.15, 0.2) is 23.3 Å². The molecule has 13 heteroatoms. The van der Waals surface area contributed by atoms with Crippen molar-refractivity contribution >= 4 is 17.3 Å². The summed E-state index contributed by atoms with van der Waals surface area (Å²) in [6.07, 6.45) is 0. The molecule has 0 amide bonds. The fourth-order valence-corrected chi connectivity index (χ4v) is 1.73. The summed E-state index contributed by atoms with van der Waals surface area (Å²) in [5.41, 5.74) is -2.73. The van der Waals surface area contributed by atoms with Gasteiger partial charge < -0.3 is 10.2 Å². The molecule has 2 N–H and O–H groups in total. The largest absolute Gasteiger partial charge is 0.477 e. The third-order valence-corrected chi connectivity index (χ3v) is 2.95. The summed E-state index contributed by atoms with van der Waals surface area (Å²) in [6.45, 7) is -0.701. The van der Waals surface area contributed by atoms with Crippen molar-refractivity contribution in [1.82, 2.24) is 0 Å². The molecule has 2 aromatic rings. The number of nitrogens with zero attached hydrogens (tertiary/aromatic N) is 2. The standard InChI is InChI=1S/C7H3F2NO4.C7H5F2NO3/c8-4-1-3(7(11)12)6(10(13)14)2-5(4)9;8-5-1-4(3-11)7(10(12)13)2-6(5)9/h1-2H,(H,11,12);1-2,11H,3H2. The monoisotopic (exact) mass is 392 g/mol. The van der Waals surface area contributed by atoms with Crippen molar-refractivity contribution in [1.29, 1.82) is 0 Å². The molecule has 0 fully saturated rings. The second-order valence-corrected chi connectivity index (χ2v) is 4.66. The molecule has 0 saturated heterocycles. The zero-order valence-corrected chi connectivity index (χ0v) is 12.9. The van der Waals surface area contributed by atoms with E-state index in [4.69, 9.17) is 10.2 Å². The smallest absolute Gasteiger partial charge is 0.342 e. The van der Waals surface area contributed by atoms with Gasteiger partial charge in [-0.1, -0.05) is 0 Å². The molecule has 2 aromatic carbocycles. The second-order valence-electron chi connectivity index (χ2n) is 4.66. The van der Waals surface area contributed by atoms with Crippen molar-refractivity contribution in [3.8, 4) is 0 Å². The highest BCUT2D eigenvalue weighted by Gasteiger charge is 2.23. The van der Waals surface area contributed by atoms with Crippen molar-refractivity contribution in [2.45, 2.75) is 6.61 Å². The summed E-state index contributed by atoms with van der Waals surface area (Å²) in [7, 11) is 0. The van der Waals surface area contributed by atoms with E-state index in [1.165, 1.54) is 0 Å². The Bertz CT molecular complexity index is 882. The molecule has 0 aliphatic heterocycles. The minimum atomic E-state index is -1.68. The van der Waals surface area contributed by atoms with Gasteiger partial charge in [0.25, 0.3) is 11.4 Å². The molecule has 9 nitrogen and oxygen atoms in total. The number of halogens is 4. The SMILES string of the molecule is O=C(O)c1cc(F)c(F)cc1[N+](=O)[O-].O=[N+]([O-])c1cc(F)c(F)cc1CO. The van der Waals surface area contributed by atoms with Crippen molar-refractivity contribution in [3.05, 3.63) is 78.9 Å². The molecule has 144 valence electrons. The van der Waals surface area contributed by atoms with Gasteiger partial charge in [0.2, 0.25) is 0 Å². The molecule has 0 heterocycles. The predicted octanol–water partition coefficient (Wildman–Crippen LogP) is 2.94. The van der Waals surface area contributed by atoms with Gasteiger partial charge in [-0.15, -0.1) is 0 Å². The van der Waals surface area contributed by atoms with Crippen LogP contribution in [0.15, 0.2) is 24.3 Å². The lowest BCUT2D eigenvalue weighted by molar-refractivity contribution is -0.386. The van der Waals surface area contributed by atoms with Gasteiger partial charge in [0, 0.05) is 0 Å². The number of aromatic carboxylic acids is 1. The third kappa shape index (κ3) is 5.18. The van der Waals surface area contributed by atoms with Gasteiger partial charge in [0.1, 0.15) is 5.56 Å². The lowest BCUT2D eigenvalue weighted by Gasteiger charge is -1.99. The minimum absolute atomic E-state index is 0.235. The lowest BCUT2D eigenvalue weighted by Crippen LogP contribution is -2.04. The Hall–Kier alpha value is -3.61.